The first-order chi connectivity index (χ1) is 8.43. The van der Waals surface area contributed by atoms with Gasteiger partial charge in [0.05, 0.1) is 13.0 Å². The van der Waals surface area contributed by atoms with E-state index < -0.39 is 15.0 Å². The van der Waals surface area contributed by atoms with E-state index in [2.05, 4.69) is 0 Å². The second kappa shape index (κ2) is 7.08. The summed E-state index contributed by atoms with van der Waals surface area (Å²) in [5.74, 6) is -0.421. The fourth-order valence-electron chi connectivity index (χ4n) is 1.14. The van der Waals surface area contributed by atoms with Gasteiger partial charge in [0.1, 0.15) is 10.8 Å². The van der Waals surface area contributed by atoms with Crippen molar-refractivity contribution >= 4 is 37.0 Å². The Kier molecular flexibility index (Phi) is 6.07. The molecule has 18 heavy (non-hydrogen) atoms. The molecule has 0 amide bonds. The highest BCUT2D eigenvalue weighted by molar-refractivity contribution is 8.15. The Hall–Kier alpha value is -0.630. The molecular formula is C10H13ClO5S2. The van der Waals surface area contributed by atoms with E-state index in [0.717, 1.165) is 11.3 Å². The Morgan fingerprint density at radius 1 is 1.39 bits per heavy atom. The van der Waals surface area contributed by atoms with E-state index in [9.17, 15) is 13.2 Å². The molecular weight excluding hydrogens is 300 g/mol. The molecule has 0 atom stereocenters. The average Bonchev–Trinajstić information content (AvgIpc) is 2.72. The highest BCUT2D eigenvalue weighted by Crippen LogP contribution is 2.25. The Morgan fingerprint density at radius 3 is 2.67 bits per heavy atom. The molecule has 0 aliphatic rings. The minimum Gasteiger partial charge on any atom is -0.463 e. The summed E-state index contributed by atoms with van der Waals surface area (Å²) in [4.78, 5) is 12.0. The third kappa shape index (κ3) is 5.34. The van der Waals surface area contributed by atoms with Crippen molar-refractivity contribution in [3.05, 3.63) is 17.0 Å². The molecule has 5 nitrogen and oxygen atoms in total. The molecule has 0 unspecified atom stereocenters. The van der Waals surface area contributed by atoms with Gasteiger partial charge in [0.15, 0.2) is 0 Å². The van der Waals surface area contributed by atoms with E-state index in [-0.39, 0.29) is 17.2 Å². The monoisotopic (exact) mass is 312 g/mol. The van der Waals surface area contributed by atoms with Crippen LogP contribution in [0.2, 0.25) is 0 Å². The molecule has 0 radical (unpaired) electrons. The summed E-state index contributed by atoms with van der Waals surface area (Å²) < 4.78 is 32.0. The number of ether oxygens (including phenoxy) is 2. The maximum absolute atomic E-state index is 11.4. The van der Waals surface area contributed by atoms with E-state index in [4.69, 9.17) is 20.2 Å². The number of hydrogen-bond donors (Lipinski definition) is 0. The van der Waals surface area contributed by atoms with E-state index in [1.54, 1.807) is 6.07 Å². The quantitative estimate of drug-likeness (QED) is 0.436. The van der Waals surface area contributed by atoms with Crippen molar-refractivity contribution in [2.75, 3.05) is 19.8 Å². The van der Waals surface area contributed by atoms with E-state index in [0.29, 0.717) is 18.1 Å². The Bertz CT molecular complexity index is 494. The molecule has 0 saturated heterocycles. The van der Waals surface area contributed by atoms with Crippen LogP contribution in [0.15, 0.2) is 16.3 Å². The van der Waals surface area contributed by atoms with Crippen LogP contribution < -0.4 is 0 Å². The van der Waals surface area contributed by atoms with Crippen molar-refractivity contribution in [1.82, 2.24) is 0 Å². The molecule has 0 aliphatic heterocycles. The maximum atomic E-state index is 11.4. The summed E-state index contributed by atoms with van der Waals surface area (Å²) in [5.41, 5.74) is 0. The van der Waals surface area contributed by atoms with Crippen LogP contribution in [-0.2, 0) is 29.7 Å². The second-order valence-electron chi connectivity index (χ2n) is 3.25. The lowest BCUT2D eigenvalue weighted by molar-refractivity contribution is -0.144. The Labute approximate surface area is 114 Å². The molecule has 0 spiro atoms. The molecule has 0 saturated carbocycles. The normalized spacial score (nSPS) is 11.4. The summed E-state index contributed by atoms with van der Waals surface area (Å²) in [6.07, 6.45) is 0.0310. The second-order valence-corrected chi connectivity index (χ2v) is 7.21. The topological polar surface area (TPSA) is 69.7 Å². The molecule has 1 aromatic heterocycles. The average molecular weight is 313 g/mol. The molecule has 8 heteroatoms. The minimum atomic E-state index is -3.72. The summed E-state index contributed by atoms with van der Waals surface area (Å²) in [7, 11) is 1.45. The minimum absolute atomic E-state index is 0.0290. The van der Waals surface area contributed by atoms with Gasteiger partial charge < -0.3 is 9.47 Å². The van der Waals surface area contributed by atoms with Crippen molar-refractivity contribution in [3.63, 3.8) is 0 Å². The molecule has 102 valence electrons. The van der Waals surface area contributed by atoms with Crippen molar-refractivity contribution in [3.8, 4) is 0 Å². The standard InChI is InChI=1S/C10H13ClO5S2/c1-2-15-5-6-16-9(12)7-8-3-4-10(17-8)18(11,13)14/h3-4H,2,5-7H2,1H3. The molecule has 0 fully saturated rings. The lowest BCUT2D eigenvalue weighted by atomic mass is 10.3. The van der Waals surface area contributed by atoms with Gasteiger partial charge in [0.2, 0.25) is 0 Å². The van der Waals surface area contributed by atoms with Gasteiger partial charge in [-0.3, -0.25) is 4.79 Å². The molecule has 0 aliphatic carbocycles. The summed E-state index contributed by atoms with van der Waals surface area (Å²) in [6.45, 7) is 2.97. The highest BCUT2D eigenvalue weighted by Gasteiger charge is 2.15. The molecule has 0 N–H and O–H groups in total. The number of esters is 1. The van der Waals surface area contributed by atoms with Crippen LogP contribution in [0.4, 0.5) is 0 Å². The van der Waals surface area contributed by atoms with E-state index >= 15 is 0 Å². The molecule has 1 heterocycles. The summed E-state index contributed by atoms with van der Waals surface area (Å²) in [6, 6.07) is 2.92. The van der Waals surface area contributed by atoms with Crippen molar-refractivity contribution in [2.45, 2.75) is 17.6 Å². The maximum Gasteiger partial charge on any atom is 0.311 e. The van der Waals surface area contributed by atoms with Gasteiger partial charge in [-0.2, -0.15) is 0 Å². The highest BCUT2D eigenvalue weighted by atomic mass is 35.7. The van der Waals surface area contributed by atoms with Crippen molar-refractivity contribution in [1.29, 1.82) is 0 Å². The number of thiophene rings is 1. The van der Waals surface area contributed by atoms with Crippen LogP contribution >= 0.6 is 22.0 Å². The van der Waals surface area contributed by atoms with E-state index in [1.165, 1.54) is 6.07 Å². The smallest absolute Gasteiger partial charge is 0.311 e. The largest absolute Gasteiger partial charge is 0.463 e. The molecule has 1 aromatic rings. The van der Waals surface area contributed by atoms with Crippen LogP contribution in [0.3, 0.4) is 0 Å². The van der Waals surface area contributed by atoms with Crippen LogP contribution in [0.1, 0.15) is 11.8 Å². The Balaban J connectivity index is 2.43. The van der Waals surface area contributed by atoms with Gasteiger partial charge in [-0.15, -0.1) is 11.3 Å². The zero-order valence-electron chi connectivity index (χ0n) is 9.72. The molecule has 1 rings (SSSR count). The SMILES string of the molecule is CCOCCOC(=O)Cc1ccc(S(=O)(=O)Cl)s1. The fraction of sp³-hybridized carbons (Fsp3) is 0.500. The van der Waals surface area contributed by atoms with Gasteiger partial charge >= 0.3 is 5.97 Å². The fourth-order valence-corrected chi connectivity index (χ4v) is 3.24. The summed E-state index contributed by atoms with van der Waals surface area (Å²) in [5, 5.41) is 0. The predicted molar refractivity (Wildman–Crippen MR) is 68.5 cm³/mol. The molecule has 0 aromatic carbocycles. The number of hydrogen-bond acceptors (Lipinski definition) is 6. The van der Waals surface area contributed by atoms with Crippen LogP contribution in [0, 0.1) is 0 Å². The first kappa shape index (κ1) is 15.4. The lowest BCUT2D eigenvalue weighted by Gasteiger charge is -2.03. The first-order valence-corrected chi connectivity index (χ1v) is 8.33. The van der Waals surface area contributed by atoms with E-state index in [1.807, 2.05) is 6.92 Å². The van der Waals surface area contributed by atoms with Crippen LogP contribution in [0.25, 0.3) is 0 Å². The first-order valence-electron chi connectivity index (χ1n) is 5.20. The Morgan fingerprint density at radius 2 is 2.11 bits per heavy atom. The zero-order chi connectivity index (χ0) is 13.6. The van der Waals surface area contributed by atoms with Gasteiger partial charge in [0, 0.05) is 22.2 Å². The third-order valence-electron chi connectivity index (χ3n) is 1.89. The number of carbonyl (C=O) groups excluding carboxylic acids is 1. The zero-order valence-corrected chi connectivity index (χ0v) is 12.1. The van der Waals surface area contributed by atoms with Crippen molar-refractivity contribution in [2.24, 2.45) is 0 Å². The van der Waals surface area contributed by atoms with Gasteiger partial charge in [-0.05, 0) is 19.1 Å². The number of rotatable bonds is 7. The van der Waals surface area contributed by atoms with Gasteiger partial charge in [-0.1, -0.05) is 0 Å². The van der Waals surface area contributed by atoms with Gasteiger partial charge in [-0.25, -0.2) is 8.42 Å². The number of carbonyl (C=O) groups is 1. The predicted octanol–water partition coefficient (Wildman–Crippen LogP) is 1.80. The van der Waals surface area contributed by atoms with Gasteiger partial charge in [0.25, 0.3) is 9.05 Å². The lowest BCUT2D eigenvalue weighted by Crippen LogP contribution is -2.12. The number of halogens is 1. The summed E-state index contributed by atoms with van der Waals surface area (Å²) >= 11 is 0.960. The van der Waals surface area contributed by atoms with Crippen LogP contribution in [0.5, 0.6) is 0 Å². The van der Waals surface area contributed by atoms with Crippen LogP contribution in [-0.4, -0.2) is 34.2 Å². The van der Waals surface area contributed by atoms with Crippen molar-refractivity contribution < 1.29 is 22.7 Å². The third-order valence-corrected chi connectivity index (χ3v) is 5.07. The molecule has 0 bridgehead atoms.